The molecule has 2 fully saturated rings. The number of fused-ring (bicyclic) bond motifs is 2. The van der Waals surface area contributed by atoms with Crippen LogP contribution in [0.1, 0.15) is 41.8 Å². The van der Waals surface area contributed by atoms with Crippen molar-refractivity contribution in [2.75, 3.05) is 13.1 Å². The molecule has 1 saturated carbocycles. The lowest BCUT2D eigenvalue weighted by molar-refractivity contribution is 0.0525. The first-order chi connectivity index (χ1) is 10.7. The van der Waals surface area contributed by atoms with E-state index in [4.69, 9.17) is 0 Å². The SMILES string of the molecule is O=C(c1cc2cc(F)ccc2s1)N1CC[C@H]2CCCC[C@H]2C1. The van der Waals surface area contributed by atoms with Crippen LogP contribution < -0.4 is 0 Å². The highest BCUT2D eigenvalue weighted by Crippen LogP contribution is 2.37. The fourth-order valence-corrected chi connectivity index (χ4v) is 5.07. The molecular weight excluding hydrogens is 297 g/mol. The summed E-state index contributed by atoms with van der Waals surface area (Å²) in [4.78, 5) is 15.5. The predicted molar refractivity (Wildman–Crippen MR) is 87.8 cm³/mol. The zero-order valence-corrected chi connectivity index (χ0v) is 13.4. The molecule has 1 aromatic heterocycles. The normalized spacial score (nSPS) is 25.2. The van der Waals surface area contributed by atoms with Crippen LogP contribution in [0.4, 0.5) is 4.39 Å². The molecular formula is C18H20FNOS. The van der Waals surface area contributed by atoms with E-state index < -0.39 is 0 Å². The second kappa shape index (κ2) is 5.65. The molecule has 2 nitrogen and oxygen atoms in total. The highest BCUT2D eigenvalue weighted by molar-refractivity contribution is 7.20. The topological polar surface area (TPSA) is 20.3 Å². The molecule has 0 N–H and O–H groups in total. The molecule has 22 heavy (non-hydrogen) atoms. The van der Waals surface area contributed by atoms with Crippen molar-refractivity contribution >= 4 is 27.3 Å². The van der Waals surface area contributed by atoms with Gasteiger partial charge in [-0.2, -0.15) is 0 Å². The van der Waals surface area contributed by atoms with Gasteiger partial charge in [-0.3, -0.25) is 4.79 Å². The second-order valence-electron chi connectivity index (χ2n) is 6.64. The number of halogens is 1. The van der Waals surface area contributed by atoms with E-state index in [9.17, 15) is 9.18 Å². The number of nitrogens with zero attached hydrogens (tertiary/aromatic N) is 1. The summed E-state index contributed by atoms with van der Waals surface area (Å²) in [5, 5.41) is 0.834. The van der Waals surface area contributed by atoms with E-state index in [1.165, 1.54) is 49.2 Å². The van der Waals surface area contributed by atoms with Gasteiger partial charge in [0, 0.05) is 17.8 Å². The van der Waals surface area contributed by atoms with Gasteiger partial charge in [-0.1, -0.05) is 19.3 Å². The Morgan fingerprint density at radius 1 is 1.14 bits per heavy atom. The van der Waals surface area contributed by atoms with Crippen molar-refractivity contribution < 1.29 is 9.18 Å². The van der Waals surface area contributed by atoms with Gasteiger partial charge >= 0.3 is 0 Å². The summed E-state index contributed by atoms with van der Waals surface area (Å²) < 4.78 is 14.3. The fourth-order valence-electron chi connectivity index (χ4n) is 4.06. The predicted octanol–water partition coefficient (Wildman–Crippen LogP) is 4.69. The molecule has 2 aliphatic rings. The number of carbonyl (C=O) groups is 1. The summed E-state index contributed by atoms with van der Waals surface area (Å²) >= 11 is 1.48. The van der Waals surface area contributed by atoms with Crippen molar-refractivity contribution in [1.29, 1.82) is 0 Å². The third kappa shape index (κ3) is 2.54. The van der Waals surface area contributed by atoms with E-state index >= 15 is 0 Å². The minimum absolute atomic E-state index is 0.130. The average molecular weight is 317 g/mol. The molecule has 2 atom stereocenters. The molecule has 0 unspecified atom stereocenters. The fraction of sp³-hybridized carbons (Fsp3) is 0.500. The van der Waals surface area contributed by atoms with E-state index in [1.54, 1.807) is 6.07 Å². The van der Waals surface area contributed by atoms with Crippen molar-refractivity contribution in [3.63, 3.8) is 0 Å². The molecule has 0 bridgehead atoms. The first kappa shape index (κ1) is 14.2. The first-order valence-corrected chi connectivity index (χ1v) is 9.01. The molecule has 4 rings (SSSR count). The Balaban J connectivity index is 1.55. The number of likely N-dealkylation sites (tertiary alicyclic amines) is 1. The number of hydrogen-bond donors (Lipinski definition) is 0. The number of benzene rings is 1. The number of amides is 1. The van der Waals surface area contributed by atoms with Crippen LogP contribution in [0.5, 0.6) is 0 Å². The molecule has 1 aromatic carbocycles. The van der Waals surface area contributed by atoms with E-state index in [-0.39, 0.29) is 11.7 Å². The number of carbonyl (C=O) groups excluding carboxylic acids is 1. The Labute approximate surface area is 133 Å². The largest absolute Gasteiger partial charge is 0.338 e. The van der Waals surface area contributed by atoms with Crippen LogP contribution in [0.3, 0.4) is 0 Å². The van der Waals surface area contributed by atoms with Crippen molar-refractivity contribution in [2.24, 2.45) is 11.8 Å². The molecule has 116 valence electrons. The lowest BCUT2D eigenvalue weighted by Gasteiger charge is -2.41. The summed E-state index contributed by atoms with van der Waals surface area (Å²) in [6.45, 7) is 1.79. The van der Waals surface area contributed by atoms with Gasteiger partial charge in [-0.25, -0.2) is 4.39 Å². The Morgan fingerprint density at radius 2 is 1.95 bits per heavy atom. The van der Waals surface area contributed by atoms with Gasteiger partial charge in [-0.15, -0.1) is 11.3 Å². The first-order valence-electron chi connectivity index (χ1n) is 8.19. The zero-order chi connectivity index (χ0) is 15.1. The molecule has 1 aliphatic heterocycles. The van der Waals surface area contributed by atoms with Crippen LogP contribution in [-0.4, -0.2) is 23.9 Å². The minimum Gasteiger partial charge on any atom is -0.338 e. The quantitative estimate of drug-likeness (QED) is 0.747. The molecule has 1 aliphatic carbocycles. The Bertz CT molecular complexity index is 710. The molecule has 4 heteroatoms. The number of hydrogen-bond acceptors (Lipinski definition) is 2. The third-order valence-corrected chi connectivity index (χ3v) is 6.37. The maximum absolute atomic E-state index is 13.3. The summed E-state index contributed by atoms with van der Waals surface area (Å²) in [5.41, 5.74) is 0. The highest BCUT2D eigenvalue weighted by Gasteiger charge is 2.33. The smallest absolute Gasteiger partial charge is 0.263 e. The van der Waals surface area contributed by atoms with Crippen LogP contribution >= 0.6 is 11.3 Å². The minimum atomic E-state index is -0.243. The average Bonchev–Trinajstić information content (AvgIpc) is 2.96. The number of thiophene rings is 1. The second-order valence-corrected chi connectivity index (χ2v) is 7.72. The van der Waals surface area contributed by atoms with E-state index in [2.05, 4.69) is 0 Å². The van der Waals surface area contributed by atoms with Gasteiger partial charge in [-0.05, 0) is 54.3 Å². The standard InChI is InChI=1S/C18H20FNOS/c19-15-5-6-16-14(9-15)10-17(22-16)18(21)20-8-7-12-3-1-2-4-13(12)11-20/h5-6,9-10,12-13H,1-4,7-8,11H2/t12-,13+/m1/s1. The van der Waals surface area contributed by atoms with Gasteiger partial charge in [0.15, 0.2) is 0 Å². The lowest BCUT2D eigenvalue weighted by atomic mass is 9.75. The van der Waals surface area contributed by atoms with Crippen LogP contribution in [-0.2, 0) is 0 Å². The number of rotatable bonds is 1. The van der Waals surface area contributed by atoms with Gasteiger partial charge in [0.1, 0.15) is 5.82 Å². The Kier molecular flexibility index (Phi) is 3.65. The summed E-state index contributed by atoms with van der Waals surface area (Å²) in [6, 6.07) is 6.58. The zero-order valence-electron chi connectivity index (χ0n) is 12.6. The van der Waals surface area contributed by atoms with Crippen molar-refractivity contribution in [3.8, 4) is 0 Å². The summed E-state index contributed by atoms with van der Waals surface area (Å²) in [7, 11) is 0. The van der Waals surface area contributed by atoms with Gasteiger partial charge in [0.2, 0.25) is 0 Å². The van der Waals surface area contributed by atoms with Crippen LogP contribution in [0.2, 0.25) is 0 Å². The Hall–Kier alpha value is -1.42. The van der Waals surface area contributed by atoms with Crippen molar-refractivity contribution in [3.05, 3.63) is 35.0 Å². The van der Waals surface area contributed by atoms with Gasteiger partial charge < -0.3 is 4.90 Å². The molecule has 0 spiro atoms. The van der Waals surface area contributed by atoms with E-state index in [1.807, 2.05) is 11.0 Å². The maximum Gasteiger partial charge on any atom is 0.263 e. The number of piperidine rings is 1. The molecule has 1 saturated heterocycles. The van der Waals surface area contributed by atoms with Crippen molar-refractivity contribution in [2.45, 2.75) is 32.1 Å². The molecule has 2 heterocycles. The lowest BCUT2D eigenvalue weighted by Crippen LogP contribution is -2.44. The van der Waals surface area contributed by atoms with E-state index in [0.717, 1.165) is 40.4 Å². The van der Waals surface area contributed by atoms with Gasteiger partial charge in [0.05, 0.1) is 4.88 Å². The molecule has 2 aromatic rings. The summed E-state index contributed by atoms with van der Waals surface area (Å²) in [5.74, 6) is 1.41. The molecule has 1 amide bonds. The third-order valence-electron chi connectivity index (χ3n) is 5.27. The Morgan fingerprint density at radius 3 is 2.82 bits per heavy atom. The van der Waals surface area contributed by atoms with Crippen LogP contribution in [0.25, 0.3) is 10.1 Å². The monoisotopic (exact) mass is 317 g/mol. The van der Waals surface area contributed by atoms with Crippen LogP contribution in [0, 0.1) is 17.7 Å². The summed E-state index contributed by atoms with van der Waals surface area (Å²) in [6.07, 6.45) is 6.43. The van der Waals surface area contributed by atoms with Crippen molar-refractivity contribution in [1.82, 2.24) is 4.90 Å². The maximum atomic E-state index is 13.3. The van der Waals surface area contributed by atoms with Crippen LogP contribution in [0.15, 0.2) is 24.3 Å². The molecule has 0 radical (unpaired) electrons. The van der Waals surface area contributed by atoms with Gasteiger partial charge in [0.25, 0.3) is 5.91 Å². The van der Waals surface area contributed by atoms with E-state index in [0.29, 0.717) is 5.92 Å². The highest BCUT2D eigenvalue weighted by atomic mass is 32.1.